The molecule has 0 saturated carbocycles. The van der Waals surface area contributed by atoms with Crippen molar-refractivity contribution in [2.24, 2.45) is 0 Å². The van der Waals surface area contributed by atoms with Gasteiger partial charge in [0.25, 0.3) is 0 Å². The van der Waals surface area contributed by atoms with Gasteiger partial charge in [-0.05, 0) is 6.92 Å². The maximum absolute atomic E-state index is 5.53. The van der Waals surface area contributed by atoms with Gasteiger partial charge in [0.2, 0.25) is 0 Å². The smallest absolute Gasteiger partial charge is 0.150 e. The van der Waals surface area contributed by atoms with Crippen LogP contribution in [0.15, 0.2) is 6.20 Å². The van der Waals surface area contributed by atoms with E-state index in [4.69, 9.17) is 5.73 Å². The second-order valence-corrected chi connectivity index (χ2v) is 2.21. The molecule has 3 N–H and O–H groups in total. The molecule has 1 heterocycles. The van der Waals surface area contributed by atoms with E-state index in [1.165, 1.54) is 5.49 Å². The number of aromatic nitrogens is 2. The first kappa shape index (κ1) is 7.87. The van der Waals surface area contributed by atoms with Gasteiger partial charge in [-0.15, -0.1) is 0 Å². The zero-order chi connectivity index (χ0) is 8.27. The molecule has 0 bridgehead atoms. The summed E-state index contributed by atoms with van der Waals surface area (Å²) < 4.78 is 0. The van der Waals surface area contributed by atoms with Crippen LogP contribution in [0, 0.1) is 6.92 Å². The summed E-state index contributed by atoms with van der Waals surface area (Å²) in [4.78, 5) is 7.87. The molecule has 0 atom stereocenters. The quantitative estimate of drug-likeness (QED) is 0.637. The van der Waals surface area contributed by atoms with Crippen molar-refractivity contribution in [3.8, 4) is 0 Å². The molecule has 0 amide bonds. The van der Waals surface area contributed by atoms with Crippen molar-refractivity contribution in [1.29, 1.82) is 0 Å². The topological polar surface area (TPSA) is 63.8 Å². The van der Waals surface area contributed by atoms with E-state index in [0.29, 0.717) is 17.3 Å². The molecule has 0 aliphatic heterocycles. The predicted octanol–water partition coefficient (Wildman–Crippen LogP) is 0.736. The third kappa shape index (κ3) is 1.84. The second kappa shape index (κ2) is 3.25. The summed E-state index contributed by atoms with van der Waals surface area (Å²) in [6.07, 6.45) is 1.60. The summed E-state index contributed by atoms with van der Waals surface area (Å²) in [6.45, 7) is 1.78. The van der Waals surface area contributed by atoms with E-state index in [1.54, 1.807) is 13.1 Å². The molecular weight excluding hydrogens is 160 g/mol. The maximum atomic E-state index is 5.53. The van der Waals surface area contributed by atoms with Crippen LogP contribution >= 0.6 is 12.2 Å². The zero-order valence-electron chi connectivity index (χ0n) is 6.03. The Balaban J connectivity index is 2.98. The van der Waals surface area contributed by atoms with Gasteiger partial charge in [-0.3, -0.25) is 0 Å². The minimum atomic E-state index is 0.415. The van der Waals surface area contributed by atoms with Gasteiger partial charge in [-0.2, -0.15) is 0 Å². The van der Waals surface area contributed by atoms with Crippen LogP contribution in [0.25, 0.3) is 0 Å². The molecule has 58 valence electrons. The van der Waals surface area contributed by atoms with Crippen LogP contribution in [0.3, 0.4) is 0 Å². The van der Waals surface area contributed by atoms with E-state index in [-0.39, 0.29) is 0 Å². The van der Waals surface area contributed by atoms with Crippen LogP contribution in [0.4, 0.5) is 11.5 Å². The van der Waals surface area contributed by atoms with Gasteiger partial charge in [0, 0.05) is 0 Å². The number of thiocarbonyl (C=S) groups is 1. The fourth-order valence-corrected chi connectivity index (χ4v) is 0.789. The molecule has 0 spiro atoms. The molecule has 0 saturated heterocycles. The summed E-state index contributed by atoms with van der Waals surface area (Å²) in [6, 6.07) is 0. The first-order valence-corrected chi connectivity index (χ1v) is 3.50. The molecule has 0 fully saturated rings. The van der Waals surface area contributed by atoms with E-state index in [1.807, 2.05) is 0 Å². The van der Waals surface area contributed by atoms with E-state index in [9.17, 15) is 0 Å². The van der Waals surface area contributed by atoms with Crippen LogP contribution < -0.4 is 11.1 Å². The van der Waals surface area contributed by atoms with Gasteiger partial charge in [-0.1, -0.05) is 12.2 Å². The highest BCUT2D eigenvalue weighted by molar-refractivity contribution is 7.79. The molecule has 1 rings (SSSR count). The SMILES string of the molecule is Cc1ncc(NC=S)c(N)n1. The van der Waals surface area contributed by atoms with Gasteiger partial charge in [0.15, 0.2) is 5.82 Å². The average Bonchev–Trinajstić information content (AvgIpc) is 1.95. The van der Waals surface area contributed by atoms with Crippen molar-refractivity contribution < 1.29 is 0 Å². The van der Waals surface area contributed by atoms with Crippen molar-refractivity contribution in [1.82, 2.24) is 9.97 Å². The Bertz CT molecular complexity index is 273. The molecule has 0 radical (unpaired) electrons. The monoisotopic (exact) mass is 168 g/mol. The number of nitrogens with one attached hydrogen (secondary N) is 1. The van der Waals surface area contributed by atoms with E-state index < -0.39 is 0 Å². The Kier molecular flexibility index (Phi) is 2.32. The fourth-order valence-electron chi connectivity index (χ4n) is 0.662. The minimum absolute atomic E-state index is 0.415. The Hall–Kier alpha value is -1.23. The fraction of sp³-hybridized carbons (Fsp3) is 0.167. The lowest BCUT2D eigenvalue weighted by atomic mass is 10.4. The minimum Gasteiger partial charge on any atom is -0.382 e. The summed E-state index contributed by atoms with van der Waals surface area (Å²) in [5.41, 5.74) is 7.54. The van der Waals surface area contributed by atoms with Gasteiger partial charge in [0.05, 0.1) is 11.7 Å². The molecule has 11 heavy (non-hydrogen) atoms. The number of aryl methyl sites for hydroxylation is 1. The number of nitrogens with zero attached hydrogens (tertiary/aromatic N) is 2. The lowest BCUT2D eigenvalue weighted by Gasteiger charge is -2.02. The summed E-state index contributed by atoms with van der Waals surface area (Å²) in [5, 5.41) is 2.74. The molecule has 0 unspecified atom stereocenters. The number of hydrogen-bond acceptors (Lipinski definition) is 4. The molecule has 5 heteroatoms. The third-order valence-corrected chi connectivity index (χ3v) is 1.27. The van der Waals surface area contributed by atoms with E-state index >= 15 is 0 Å². The molecule has 1 aromatic heterocycles. The highest BCUT2D eigenvalue weighted by atomic mass is 32.1. The number of rotatable bonds is 2. The molecule has 4 nitrogen and oxygen atoms in total. The lowest BCUT2D eigenvalue weighted by Crippen LogP contribution is -2.02. The van der Waals surface area contributed by atoms with Gasteiger partial charge < -0.3 is 11.1 Å². The Morgan fingerprint density at radius 3 is 3.00 bits per heavy atom. The first-order chi connectivity index (χ1) is 5.24. The Labute approximate surface area is 69.8 Å². The van der Waals surface area contributed by atoms with Crippen molar-refractivity contribution >= 4 is 29.2 Å². The van der Waals surface area contributed by atoms with Crippen molar-refractivity contribution in [2.75, 3.05) is 11.1 Å². The van der Waals surface area contributed by atoms with Gasteiger partial charge in [0.1, 0.15) is 11.5 Å². The largest absolute Gasteiger partial charge is 0.382 e. The van der Waals surface area contributed by atoms with Crippen molar-refractivity contribution in [3.05, 3.63) is 12.0 Å². The van der Waals surface area contributed by atoms with Crippen LogP contribution in [0.2, 0.25) is 0 Å². The number of hydrogen-bond donors (Lipinski definition) is 2. The number of anilines is 2. The van der Waals surface area contributed by atoms with E-state index in [0.717, 1.165) is 0 Å². The highest BCUT2D eigenvalue weighted by Crippen LogP contribution is 2.11. The zero-order valence-corrected chi connectivity index (χ0v) is 6.85. The van der Waals surface area contributed by atoms with Gasteiger partial charge in [-0.25, -0.2) is 9.97 Å². The molecule has 0 aromatic carbocycles. The third-order valence-electron chi connectivity index (χ3n) is 1.15. The van der Waals surface area contributed by atoms with Crippen LogP contribution in [-0.4, -0.2) is 15.5 Å². The predicted molar refractivity (Wildman–Crippen MR) is 48.5 cm³/mol. The Morgan fingerprint density at radius 1 is 1.73 bits per heavy atom. The standard InChI is InChI=1S/C6H8N4S/c1-4-8-2-5(9-3-11)6(7)10-4/h2-3H,1H3,(H,9,11)(H2,7,8,10). The van der Waals surface area contributed by atoms with Crippen LogP contribution in [0.1, 0.15) is 5.82 Å². The summed E-state index contributed by atoms with van der Waals surface area (Å²) in [5.74, 6) is 1.07. The lowest BCUT2D eigenvalue weighted by molar-refractivity contribution is 1.06. The van der Waals surface area contributed by atoms with Crippen molar-refractivity contribution in [2.45, 2.75) is 6.92 Å². The van der Waals surface area contributed by atoms with Gasteiger partial charge >= 0.3 is 0 Å². The number of nitrogen functional groups attached to an aromatic ring is 1. The number of nitrogens with two attached hydrogens (primary N) is 1. The molecule has 0 aliphatic rings. The molecule has 1 aromatic rings. The van der Waals surface area contributed by atoms with Crippen LogP contribution in [-0.2, 0) is 0 Å². The highest BCUT2D eigenvalue weighted by Gasteiger charge is 1.97. The molecule has 0 aliphatic carbocycles. The van der Waals surface area contributed by atoms with E-state index in [2.05, 4.69) is 27.5 Å². The Morgan fingerprint density at radius 2 is 2.45 bits per heavy atom. The normalized spacial score (nSPS) is 9.18. The summed E-state index contributed by atoms with van der Waals surface area (Å²) in [7, 11) is 0. The average molecular weight is 168 g/mol. The second-order valence-electron chi connectivity index (χ2n) is 1.98. The van der Waals surface area contributed by atoms with Crippen molar-refractivity contribution in [3.63, 3.8) is 0 Å². The maximum Gasteiger partial charge on any atom is 0.150 e. The molecular formula is C6H8N4S. The summed E-state index contributed by atoms with van der Waals surface area (Å²) >= 11 is 4.58. The first-order valence-electron chi connectivity index (χ1n) is 3.03. The van der Waals surface area contributed by atoms with Crippen LogP contribution in [0.5, 0.6) is 0 Å².